The highest BCUT2D eigenvalue weighted by molar-refractivity contribution is 5.84. The molecule has 0 aliphatic heterocycles. The molecule has 132 valence electrons. The van der Waals surface area contributed by atoms with Gasteiger partial charge in [-0.25, -0.2) is 4.98 Å². The van der Waals surface area contributed by atoms with Gasteiger partial charge in [0, 0.05) is 10.9 Å². The van der Waals surface area contributed by atoms with Crippen LogP contribution in [0.5, 0.6) is 5.88 Å². The number of pyridine rings is 1. The van der Waals surface area contributed by atoms with Crippen molar-refractivity contribution in [2.24, 2.45) is 0 Å². The van der Waals surface area contributed by atoms with Gasteiger partial charge in [-0.1, -0.05) is 48.0 Å². The van der Waals surface area contributed by atoms with Gasteiger partial charge in [-0.05, 0) is 37.6 Å². The van der Waals surface area contributed by atoms with E-state index in [4.69, 9.17) is 9.15 Å². The van der Waals surface area contributed by atoms with Gasteiger partial charge >= 0.3 is 0 Å². The van der Waals surface area contributed by atoms with Gasteiger partial charge in [0.25, 0.3) is 0 Å². The molecule has 0 aliphatic rings. The van der Waals surface area contributed by atoms with E-state index in [1.807, 2.05) is 74.5 Å². The molecule has 0 saturated carbocycles. The van der Waals surface area contributed by atoms with Crippen LogP contribution in [0.4, 0.5) is 0 Å². The number of hydrogen-bond acceptors (Lipinski definition) is 4. The van der Waals surface area contributed by atoms with E-state index in [0.29, 0.717) is 29.5 Å². The van der Waals surface area contributed by atoms with Crippen LogP contribution < -0.4 is 4.74 Å². The van der Waals surface area contributed by atoms with E-state index >= 15 is 0 Å². The van der Waals surface area contributed by atoms with Crippen LogP contribution in [-0.2, 0) is 0 Å². The molecule has 2 aromatic carbocycles. The molecule has 0 saturated heterocycles. The number of aromatic nitrogens is 1. The Morgan fingerprint density at radius 1 is 1.07 bits per heavy atom. The Labute approximate surface area is 157 Å². The summed E-state index contributed by atoms with van der Waals surface area (Å²) in [5.74, 6) is 0.975. The zero-order valence-corrected chi connectivity index (χ0v) is 15.2. The van der Waals surface area contributed by atoms with E-state index in [0.717, 1.165) is 27.7 Å². The minimum absolute atomic E-state index is 0.327. The number of fused-ring (bicyclic) bond motifs is 1. The Hall–Kier alpha value is -3.58. The molecule has 0 atom stereocenters. The quantitative estimate of drug-likeness (QED) is 0.469. The molecule has 4 heteroatoms. The number of rotatable bonds is 4. The number of benzene rings is 2. The second-order valence-corrected chi connectivity index (χ2v) is 6.29. The lowest BCUT2D eigenvalue weighted by molar-refractivity contribution is 0.326. The number of hydrogen-bond donors (Lipinski definition) is 0. The number of para-hydroxylation sites is 1. The fourth-order valence-corrected chi connectivity index (χ4v) is 3.07. The highest BCUT2D eigenvalue weighted by Crippen LogP contribution is 2.35. The number of furan rings is 1. The lowest BCUT2D eigenvalue weighted by Gasteiger charge is -2.12. The van der Waals surface area contributed by atoms with Crippen LogP contribution in [0.15, 0.2) is 65.1 Å². The summed E-state index contributed by atoms with van der Waals surface area (Å²) in [4.78, 5) is 4.56. The maximum absolute atomic E-state index is 9.72. The molecule has 2 heterocycles. The zero-order chi connectivity index (χ0) is 18.8. The first-order valence-corrected chi connectivity index (χ1v) is 8.83. The molecule has 0 fully saturated rings. The van der Waals surface area contributed by atoms with Crippen molar-refractivity contribution in [2.45, 2.75) is 13.8 Å². The Morgan fingerprint density at radius 2 is 1.85 bits per heavy atom. The third-order valence-electron chi connectivity index (χ3n) is 4.42. The highest BCUT2D eigenvalue weighted by atomic mass is 16.5. The summed E-state index contributed by atoms with van der Waals surface area (Å²) in [6.45, 7) is 4.34. The fraction of sp³-hybridized carbons (Fsp3) is 0.130. The molecule has 4 aromatic rings. The highest BCUT2D eigenvalue weighted by Gasteiger charge is 2.18. The average Bonchev–Trinajstić information content (AvgIpc) is 3.12. The van der Waals surface area contributed by atoms with Crippen molar-refractivity contribution in [2.75, 3.05) is 6.61 Å². The first kappa shape index (κ1) is 16.9. The lowest BCUT2D eigenvalue weighted by atomic mass is 9.99. The predicted molar refractivity (Wildman–Crippen MR) is 106 cm³/mol. The summed E-state index contributed by atoms with van der Waals surface area (Å²) < 4.78 is 11.6. The molecule has 4 nitrogen and oxygen atoms in total. The van der Waals surface area contributed by atoms with Gasteiger partial charge in [0.1, 0.15) is 22.9 Å². The number of aryl methyl sites for hydroxylation is 1. The Bertz CT molecular complexity index is 1120. The minimum atomic E-state index is 0.327. The van der Waals surface area contributed by atoms with Gasteiger partial charge in [0.05, 0.1) is 6.61 Å². The predicted octanol–water partition coefficient (Wildman–Crippen LogP) is 5.74. The van der Waals surface area contributed by atoms with Gasteiger partial charge in [-0.2, -0.15) is 5.26 Å². The van der Waals surface area contributed by atoms with Crippen molar-refractivity contribution in [1.82, 2.24) is 4.98 Å². The summed E-state index contributed by atoms with van der Waals surface area (Å²) in [5.41, 5.74) is 4.76. The topological polar surface area (TPSA) is 59.1 Å². The van der Waals surface area contributed by atoms with Crippen molar-refractivity contribution >= 4 is 11.0 Å². The molecular weight excluding hydrogens is 336 g/mol. The smallest absolute Gasteiger partial charge is 0.232 e. The van der Waals surface area contributed by atoms with Crippen LogP contribution >= 0.6 is 0 Å². The largest absolute Gasteiger partial charge is 0.477 e. The van der Waals surface area contributed by atoms with E-state index in [1.54, 1.807) is 0 Å². The van der Waals surface area contributed by atoms with Crippen LogP contribution in [0.3, 0.4) is 0 Å². The molecule has 2 aromatic heterocycles. The van der Waals surface area contributed by atoms with E-state index in [-0.39, 0.29) is 0 Å². The summed E-state index contributed by atoms with van der Waals surface area (Å²) in [6.07, 6.45) is 0. The van der Waals surface area contributed by atoms with E-state index < -0.39 is 0 Å². The summed E-state index contributed by atoms with van der Waals surface area (Å²) in [6, 6.07) is 22.0. The Balaban J connectivity index is 1.94. The molecule has 0 radical (unpaired) electrons. The van der Waals surface area contributed by atoms with Crippen LogP contribution in [0.2, 0.25) is 0 Å². The second-order valence-electron chi connectivity index (χ2n) is 6.29. The van der Waals surface area contributed by atoms with Crippen molar-refractivity contribution in [3.05, 3.63) is 71.8 Å². The van der Waals surface area contributed by atoms with Crippen LogP contribution in [0.1, 0.15) is 18.1 Å². The van der Waals surface area contributed by atoms with E-state index in [2.05, 4.69) is 11.1 Å². The fourth-order valence-electron chi connectivity index (χ4n) is 3.07. The maximum Gasteiger partial charge on any atom is 0.232 e. The molecule has 0 unspecified atom stereocenters. The van der Waals surface area contributed by atoms with E-state index in [1.165, 1.54) is 0 Å². The zero-order valence-electron chi connectivity index (χ0n) is 15.2. The Kier molecular flexibility index (Phi) is 4.35. The minimum Gasteiger partial charge on any atom is -0.477 e. The summed E-state index contributed by atoms with van der Waals surface area (Å²) in [5, 5.41) is 10.7. The number of ether oxygens (including phenoxy) is 1. The molecule has 0 aliphatic carbocycles. The standard InChI is InChI=1S/C23H18N2O2/c1-3-26-23-19(14-24)18(16-10-8-15(2)9-11-16)13-20(25-23)22-12-17-6-4-5-7-21(17)27-22/h4-13H,3H2,1-2H3. The molecule has 0 amide bonds. The molecular formula is C23H18N2O2. The van der Waals surface area contributed by atoms with Crippen molar-refractivity contribution < 1.29 is 9.15 Å². The monoisotopic (exact) mass is 354 g/mol. The first-order chi connectivity index (χ1) is 13.2. The van der Waals surface area contributed by atoms with Crippen LogP contribution in [0.25, 0.3) is 33.6 Å². The van der Waals surface area contributed by atoms with Crippen molar-refractivity contribution in [3.63, 3.8) is 0 Å². The first-order valence-electron chi connectivity index (χ1n) is 8.83. The SMILES string of the molecule is CCOc1nc(-c2cc3ccccc3o2)cc(-c2ccc(C)cc2)c1C#N. The molecule has 27 heavy (non-hydrogen) atoms. The average molecular weight is 354 g/mol. The number of nitrogens with zero attached hydrogens (tertiary/aromatic N) is 2. The molecule has 0 bridgehead atoms. The lowest BCUT2D eigenvalue weighted by Crippen LogP contribution is -2.01. The van der Waals surface area contributed by atoms with Crippen molar-refractivity contribution in [3.8, 4) is 34.5 Å². The van der Waals surface area contributed by atoms with Gasteiger partial charge in [0.2, 0.25) is 5.88 Å². The van der Waals surface area contributed by atoms with Crippen LogP contribution in [0, 0.1) is 18.3 Å². The summed E-state index contributed by atoms with van der Waals surface area (Å²) in [7, 11) is 0. The molecule has 0 N–H and O–H groups in total. The normalized spacial score (nSPS) is 10.7. The maximum atomic E-state index is 9.72. The summed E-state index contributed by atoms with van der Waals surface area (Å²) >= 11 is 0. The van der Waals surface area contributed by atoms with Gasteiger partial charge in [0.15, 0.2) is 5.76 Å². The van der Waals surface area contributed by atoms with Gasteiger partial charge < -0.3 is 9.15 Å². The van der Waals surface area contributed by atoms with E-state index in [9.17, 15) is 5.26 Å². The third-order valence-corrected chi connectivity index (χ3v) is 4.42. The number of nitriles is 1. The van der Waals surface area contributed by atoms with Crippen molar-refractivity contribution in [1.29, 1.82) is 5.26 Å². The van der Waals surface area contributed by atoms with Crippen LogP contribution in [-0.4, -0.2) is 11.6 Å². The Morgan fingerprint density at radius 3 is 2.56 bits per heavy atom. The second kappa shape index (κ2) is 6.97. The third kappa shape index (κ3) is 3.16. The van der Waals surface area contributed by atoms with Gasteiger partial charge in [-0.3, -0.25) is 0 Å². The molecule has 0 spiro atoms. The molecule has 4 rings (SSSR count). The van der Waals surface area contributed by atoms with Gasteiger partial charge in [-0.15, -0.1) is 0 Å².